The summed E-state index contributed by atoms with van der Waals surface area (Å²) in [5, 5.41) is 12.0. The third-order valence-corrected chi connectivity index (χ3v) is 4.88. The summed E-state index contributed by atoms with van der Waals surface area (Å²) in [6.07, 6.45) is 4.28. The molecule has 9 heteroatoms. The molecule has 2 aromatic heterocycles. The maximum absolute atomic E-state index is 12.4. The molecule has 0 saturated heterocycles. The van der Waals surface area contributed by atoms with E-state index in [1.54, 1.807) is 36.5 Å². The van der Waals surface area contributed by atoms with Crippen molar-refractivity contribution in [1.29, 1.82) is 0 Å². The van der Waals surface area contributed by atoms with Crippen molar-refractivity contribution in [3.05, 3.63) is 63.6 Å². The SMILES string of the molecule is Cc1nn(CCCNC(=O)c2ccnn2COc2ccc(Cl)cc2)cc1Br. The first kappa shape index (κ1) is 19.4. The van der Waals surface area contributed by atoms with E-state index in [-0.39, 0.29) is 12.6 Å². The van der Waals surface area contributed by atoms with Gasteiger partial charge in [-0.05, 0) is 59.6 Å². The number of carbonyl (C=O) groups excluding carboxylic acids is 1. The Labute approximate surface area is 170 Å². The average molecular weight is 453 g/mol. The molecule has 2 heterocycles. The third-order valence-electron chi connectivity index (χ3n) is 3.85. The van der Waals surface area contributed by atoms with Gasteiger partial charge in [0.15, 0.2) is 6.73 Å². The van der Waals surface area contributed by atoms with Crippen LogP contribution in [0.5, 0.6) is 5.75 Å². The molecule has 0 fully saturated rings. The number of carbonyl (C=O) groups is 1. The van der Waals surface area contributed by atoms with Crippen molar-refractivity contribution in [3.8, 4) is 5.75 Å². The first-order chi connectivity index (χ1) is 13.0. The number of aromatic nitrogens is 4. The summed E-state index contributed by atoms with van der Waals surface area (Å²) in [6.45, 7) is 3.35. The molecule has 142 valence electrons. The largest absolute Gasteiger partial charge is 0.471 e. The lowest BCUT2D eigenvalue weighted by atomic mass is 10.3. The van der Waals surface area contributed by atoms with Crippen LogP contribution in [0, 0.1) is 6.92 Å². The van der Waals surface area contributed by atoms with Crippen molar-refractivity contribution in [2.75, 3.05) is 6.54 Å². The molecule has 0 atom stereocenters. The number of nitrogens with zero attached hydrogens (tertiary/aromatic N) is 4. The molecule has 27 heavy (non-hydrogen) atoms. The number of aryl methyl sites for hydroxylation is 2. The first-order valence-corrected chi connectivity index (χ1v) is 9.58. The van der Waals surface area contributed by atoms with Crippen molar-refractivity contribution in [1.82, 2.24) is 24.9 Å². The van der Waals surface area contributed by atoms with E-state index in [0.29, 0.717) is 23.0 Å². The van der Waals surface area contributed by atoms with E-state index in [2.05, 4.69) is 31.4 Å². The zero-order valence-corrected chi connectivity index (χ0v) is 17.1. The predicted octanol–water partition coefficient (Wildman–Crippen LogP) is 3.66. The zero-order valence-electron chi connectivity index (χ0n) is 14.7. The quantitative estimate of drug-likeness (QED) is 0.529. The summed E-state index contributed by atoms with van der Waals surface area (Å²) in [5.74, 6) is 0.465. The van der Waals surface area contributed by atoms with Crippen LogP contribution in [0.1, 0.15) is 22.6 Å². The smallest absolute Gasteiger partial charge is 0.269 e. The highest BCUT2D eigenvalue weighted by molar-refractivity contribution is 9.10. The standard InChI is InChI=1S/C18H19BrClN5O2/c1-13-16(19)11-24(23-13)10-2-8-21-18(26)17-7-9-22-25(17)12-27-15-5-3-14(20)4-6-15/h3-7,9,11H,2,8,10,12H2,1H3,(H,21,26). The van der Waals surface area contributed by atoms with Crippen molar-refractivity contribution >= 4 is 33.4 Å². The van der Waals surface area contributed by atoms with E-state index in [0.717, 1.165) is 23.1 Å². The molecule has 1 N–H and O–H groups in total. The Hall–Kier alpha value is -2.32. The molecule has 1 amide bonds. The molecule has 0 radical (unpaired) electrons. The van der Waals surface area contributed by atoms with Gasteiger partial charge in [0.05, 0.1) is 10.2 Å². The Balaban J connectivity index is 1.47. The lowest BCUT2D eigenvalue weighted by Crippen LogP contribution is -2.28. The molecular weight excluding hydrogens is 434 g/mol. The Kier molecular flexibility index (Phi) is 6.52. The van der Waals surface area contributed by atoms with Crippen LogP contribution >= 0.6 is 27.5 Å². The number of ether oxygens (including phenoxy) is 1. The summed E-state index contributed by atoms with van der Waals surface area (Å²) in [5.41, 5.74) is 1.39. The lowest BCUT2D eigenvalue weighted by molar-refractivity contribution is 0.0931. The van der Waals surface area contributed by atoms with Crippen LogP contribution in [-0.2, 0) is 13.3 Å². The fourth-order valence-corrected chi connectivity index (χ4v) is 2.88. The minimum atomic E-state index is -0.190. The minimum absolute atomic E-state index is 0.137. The van der Waals surface area contributed by atoms with E-state index >= 15 is 0 Å². The molecule has 7 nitrogen and oxygen atoms in total. The highest BCUT2D eigenvalue weighted by Gasteiger charge is 2.12. The van der Waals surface area contributed by atoms with Crippen LogP contribution in [0.3, 0.4) is 0 Å². The van der Waals surface area contributed by atoms with Crippen molar-refractivity contribution in [3.63, 3.8) is 0 Å². The van der Waals surface area contributed by atoms with E-state index < -0.39 is 0 Å². The van der Waals surface area contributed by atoms with E-state index in [9.17, 15) is 4.79 Å². The number of rotatable bonds is 8. The van der Waals surface area contributed by atoms with Gasteiger partial charge in [0, 0.05) is 30.5 Å². The zero-order chi connectivity index (χ0) is 19.2. The second-order valence-corrected chi connectivity index (χ2v) is 7.17. The summed E-state index contributed by atoms with van der Waals surface area (Å²) >= 11 is 9.29. The van der Waals surface area contributed by atoms with E-state index in [1.807, 2.05) is 17.8 Å². The van der Waals surface area contributed by atoms with Crippen molar-refractivity contribution in [2.24, 2.45) is 0 Å². The third kappa shape index (κ3) is 5.33. The van der Waals surface area contributed by atoms with Crippen LogP contribution in [0.4, 0.5) is 0 Å². The minimum Gasteiger partial charge on any atom is -0.471 e. The Morgan fingerprint density at radius 2 is 2.07 bits per heavy atom. The first-order valence-electron chi connectivity index (χ1n) is 8.41. The second kappa shape index (κ2) is 9.05. The molecular formula is C18H19BrClN5O2. The number of benzene rings is 1. The number of amides is 1. The number of hydrogen-bond acceptors (Lipinski definition) is 4. The van der Waals surface area contributed by atoms with Gasteiger partial charge in [-0.2, -0.15) is 10.2 Å². The summed E-state index contributed by atoms with van der Waals surface area (Å²) in [4.78, 5) is 12.4. The maximum atomic E-state index is 12.4. The molecule has 0 aliphatic heterocycles. The van der Waals surface area contributed by atoms with Gasteiger partial charge >= 0.3 is 0 Å². The van der Waals surface area contributed by atoms with Crippen LogP contribution in [0.2, 0.25) is 5.02 Å². The van der Waals surface area contributed by atoms with Crippen LogP contribution < -0.4 is 10.1 Å². The summed E-state index contributed by atoms with van der Waals surface area (Å²) in [6, 6.07) is 8.68. The van der Waals surface area contributed by atoms with E-state index in [1.165, 1.54) is 4.68 Å². The Morgan fingerprint density at radius 3 is 2.78 bits per heavy atom. The second-order valence-electron chi connectivity index (χ2n) is 5.88. The highest BCUT2D eigenvalue weighted by atomic mass is 79.9. The summed E-state index contributed by atoms with van der Waals surface area (Å²) < 4.78 is 9.99. The molecule has 0 spiro atoms. The van der Waals surface area contributed by atoms with Gasteiger partial charge in [-0.3, -0.25) is 9.48 Å². The highest BCUT2D eigenvalue weighted by Crippen LogP contribution is 2.16. The number of hydrogen-bond donors (Lipinski definition) is 1. The topological polar surface area (TPSA) is 74.0 Å². The van der Waals surface area contributed by atoms with Gasteiger partial charge < -0.3 is 10.1 Å². The van der Waals surface area contributed by atoms with Crippen molar-refractivity contribution in [2.45, 2.75) is 26.6 Å². The molecule has 0 unspecified atom stereocenters. The molecule has 1 aromatic carbocycles. The Bertz CT molecular complexity index is 887. The van der Waals surface area contributed by atoms with E-state index in [4.69, 9.17) is 16.3 Å². The maximum Gasteiger partial charge on any atom is 0.269 e. The normalized spacial score (nSPS) is 10.8. The fraction of sp³-hybridized carbons (Fsp3) is 0.278. The summed E-state index contributed by atoms with van der Waals surface area (Å²) in [7, 11) is 0. The Morgan fingerprint density at radius 1 is 1.30 bits per heavy atom. The van der Waals surface area contributed by atoms with Gasteiger partial charge in [0.2, 0.25) is 0 Å². The van der Waals surface area contributed by atoms with Crippen LogP contribution in [-0.4, -0.2) is 32.0 Å². The molecule has 0 aliphatic carbocycles. The molecule has 0 aliphatic rings. The number of halogens is 2. The molecule has 3 rings (SSSR count). The fourth-order valence-electron chi connectivity index (χ4n) is 2.44. The van der Waals surface area contributed by atoms with Crippen molar-refractivity contribution < 1.29 is 9.53 Å². The van der Waals surface area contributed by atoms with Gasteiger partial charge in [0.1, 0.15) is 11.4 Å². The molecule has 3 aromatic rings. The monoisotopic (exact) mass is 451 g/mol. The van der Waals surface area contributed by atoms with Gasteiger partial charge in [-0.25, -0.2) is 4.68 Å². The average Bonchev–Trinajstić information content (AvgIpc) is 3.25. The predicted molar refractivity (Wildman–Crippen MR) is 106 cm³/mol. The van der Waals surface area contributed by atoms with Crippen LogP contribution in [0.25, 0.3) is 0 Å². The molecule has 0 bridgehead atoms. The lowest BCUT2D eigenvalue weighted by Gasteiger charge is -2.10. The van der Waals surface area contributed by atoms with Crippen LogP contribution in [0.15, 0.2) is 47.2 Å². The van der Waals surface area contributed by atoms with Gasteiger partial charge in [-0.1, -0.05) is 11.6 Å². The van der Waals surface area contributed by atoms with Gasteiger partial charge in [-0.15, -0.1) is 0 Å². The number of nitrogens with one attached hydrogen (secondary N) is 1. The van der Waals surface area contributed by atoms with Gasteiger partial charge in [0.25, 0.3) is 5.91 Å². The molecule has 0 saturated carbocycles.